The Balaban J connectivity index is 1.69. The quantitative estimate of drug-likeness (QED) is 0.425. The minimum atomic E-state index is -0.965. The van der Waals surface area contributed by atoms with E-state index in [2.05, 4.69) is 5.32 Å². The van der Waals surface area contributed by atoms with Gasteiger partial charge in [0.25, 0.3) is 11.8 Å². The number of hydrogen-bond donors (Lipinski definition) is 1. The number of nitrogens with zero attached hydrogens (tertiary/aromatic N) is 3. The molecule has 188 valence electrons. The van der Waals surface area contributed by atoms with Crippen LogP contribution in [-0.4, -0.2) is 41.5 Å². The maximum atomic E-state index is 14.1. The van der Waals surface area contributed by atoms with Crippen molar-refractivity contribution in [1.82, 2.24) is 15.1 Å². The summed E-state index contributed by atoms with van der Waals surface area (Å²) in [5.74, 6) is -1.14. The van der Waals surface area contributed by atoms with Crippen molar-refractivity contribution >= 4 is 17.6 Å². The van der Waals surface area contributed by atoms with Gasteiger partial charge in [-0.1, -0.05) is 48.0 Å². The Morgan fingerprint density at radius 2 is 1.76 bits per heavy atom. The zero-order valence-electron chi connectivity index (χ0n) is 20.8. The number of carbonyl (C=O) groups is 2. The molecule has 1 aliphatic rings. The second-order valence-corrected chi connectivity index (χ2v) is 9.10. The van der Waals surface area contributed by atoms with E-state index in [1.54, 1.807) is 35.0 Å². The molecular weight excluding hydrogens is 471 g/mol. The molecule has 1 N–H and O–H groups in total. The first-order valence-electron chi connectivity index (χ1n) is 12.0. The number of benzene rings is 3. The van der Waals surface area contributed by atoms with Gasteiger partial charge in [-0.05, 0) is 55.8 Å². The minimum Gasteiger partial charge on any atom is -0.364 e. The predicted molar refractivity (Wildman–Crippen MR) is 138 cm³/mol. The van der Waals surface area contributed by atoms with Crippen molar-refractivity contribution in [2.45, 2.75) is 25.8 Å². The summed E-state index contributed by atoms with van der Waals surface area (Å²) in [6.07, 6.45) is 0. The van der Waals surface area contributed by atoms with E-state index in [9.17, 15) is 14.0 Å². The Morgan fingerprint density at radius 1 is 1.03 bits per heavy atom. The number of aryl methyl sites for hydroxylation is 2. The summed E-state index contributed by atoms with van der Waals surface area (Å²) >= 11 is 0. The Morgan fingerprint density at radius 3 is 2.43 bits per heavy atom. The van der Waals surface area contributed by atoms with Crippen LogP contribution in [0.4, 0.5) is 10.2 Å². The molecule has 0 saturated heterocycles. The highest BCUT2D eigenvalue weighted by atomic mass is 19.1. The number of carbonyl (C=O) groups excluding carboxylic acids is 2. The smallest absolute Gasteiger partial charge is 0.253 e. The third-order valence-corrected chi connectivity index (χ3v) is 6.57. The van der Waals surface area contributed by atoms with Gasteiger partial charge < -0.3 is 10.1 Å². The molecule has 0 fully saturated rings. The van der Waals surface area contributed by atoms with Crippen molar-refractivity contribution in [2.24, 2.45) is 0 Å². The molecule has 8 heteroatoms. The van der Waals surface area contributed by atoms with Crippen molar-refractivity contribution in [3.05, 3.63) is 113 Å². The molecule has 7 nitrogen and oxygen atoms in total. The first-order valence-corrected chi connectivity index (χ1v) is 12.0. The highest BCUT2D eigenvalue weighted by Crippen LogP contribution is 2.43. The van der Waals surface area contributed by atoms with E-state index < -0.39 is 12.0 Å². The number of para-hydroxylation sites is 1. The number of methoxy groups -OCH3 is 1. The van der Waals surface area contributed by atoms with Gasteiger partial charge in [0, 0.05) is 24.2 Å². The average molecular weight is 499 g/mol. The molecule has 4 aromatic rings. The fraction of sp³-hybridized carbons (Fsp3) is 0.207. The van der Waals surface area contributed by atoms with Gasteiger partial charge in [-0.2, -0.15) is 5.10 Å². The van der Waals surface area contributed by atoms with Crippen LogP contribution in [0.25, 0.3) is 5.69 Å². The summed E-state index contributed by atoms with van der Waals surface area (Å²) in [5, 5.41) is 7.75. The van der Waals surface area contributed by atoms with Crippen LogP contribution in [0.2, 0.25) is 0 Å². The van der Waals surface area contributed by atoms with E-state index in [1.807, 2.05) is 50.2 Å². The average Bonchev–Trinajstić information content (AvgIpc) is 3.24. The van der Waals surface area contributed by atoms with Gasteiger partial charge in [-0.3, -0.25) is 14.5 Å². The van der Waals surface area contributed by atoms with E-state index in [-0.39, 0.29) is 24.4 Å². The van der Waals surface area contributed by atoms with Crippen LogP contribution in [-0.2, 0) is 9.53 Å². The zero-order valence-corrected chi connectivity index (χ0v) is 20.8. The number of anilines is 1. The third-order valence-electron chi connectivity index (χ3n) is 6.57. The number of nitrogens with one attached hydrogen (secondary N) is 1. The highest BCUT2D eigenvalue weighted by Gasteiger charge is 2.46. The number of rotatable bonds is 6. The lowest BCUT2D eigenvalue weighted by Gasteiger charge is -2.38. The molecule has 2 atom stereocenters. The first kappa shape index (κ1) is 24.4. The molecule has 5 rings (SSSR count). The Kier molecular flexibility index (Phi) is 6.58. The van der Waals surface area contributed by atoms with Crippen LogP contribution >= 0.6 is 0 Å². The normalized spacial score (nSPS) is 17.0. The van der Waals surface area contributed by atoms with Crippen molar-refractivity contribution < 1.29 is 18.7 Å². The molecule has 0 radical (unpaired) electrons. The monoisotopic (exact) mass is 498 g/mol. The van der Waals surface area contributed by atoms with E-state index in [0.29, 0.717) is 22.6 Å². The van der Waals surface area contributed by atoms with E-state index in [0.717, 1.165) is 16.8 Å². The third kappa shape index (κ3) is 4.51. The summed E-state index contributed by atoms with van der Waals surface area (Å²) < 4.78 is 21.0. The highest BCUT2D eigenvalue weighted by molar-refractivity contribution is 6.05. The molecule has 2 amide bonds. The van der Waals surface area contributed by atoms with Crippen LogP contribution in [0, 0.1) is 19.7 Å². The Bertz CT molecular complexity index is 1450. The van der Waals surface area contributed by atoms with Crippen LogP contribution in [0.1, 0.15) is 38.7 Å². The molecule has 0 spiro atoms. The fourth-order valence-electron chi connectivity index (χ4n) is 4.92. The number of aromatic nitrogens is 2. The van der Waals surface area contributed by atoms with Gasteiger partial charge in [-0.25, -0.2) is 9.07 Å². The van der Waals surface area contributed by atoms with E-state index >= 15 is 0 Å². The molecule has 3 aromatic carbocycles. The minimum absolute atomic E-state index is 0.0310. The molecule has 1 aromatic heterocycles. The van der Waals surface area contributed by atoms with E-state index in [1.165, 1.54) is 24.1 Å². The summed E-state index contributed by atoms with van der Waals surface area (Å²) in [6.45, 7) is 3.74. The number of ether oxygens (including phenoxy) is 1. The Labute approximate surface area is 214 Å². The predicted octanol–water partition coefficient (Wildman–Crippen LogP) is 4.51. The summed E-state index contributed by atoms with van der Waals surface area (Å²) in [6, 6.07) is 21.7. The molecule has 0 bridgehead atoms. The van der Waals surface area contributed by atoms with Crippen molar-refractivity contribution in [3.8, 4) is 5.69 Å². The van der Waals surface area contributed by atoms with E-state index in [4.69, 9.17) is 9.84 Å². The number of hydrogen-bond acceptors (Lipinski definition) is 4. The topological polar surface area (TPSA) is 76.5 Å². The lowest BCUT2D eigenvalue weighted by Crippen LogP contribution is -2.56. The number of fused-ring (bicyclic) bond motifs is 1. The number of amides is 2. The first-order chi connectivity index (χ1) is 17.9. The molecule has 1 aliphatic heterocycles. The lowest BCUT2D eigenvalue weighted by molar-refractivity contribution is -0.122. The van der Waals surface area contributed by atoms with Gasteiger partial charge in [-0.15, -0.1) is 0 Å². The SMILES string of the molecule is COCN1C(=O)C(NC(=O)c2cccc(C)c2)C(c2ccc(F)cc2)c2c(C)nn(-c3ccccc3)c21. The lowest BCUT2D eigenvalue weighted by atomic mass is 9.81. The van der Waals surface area contributed by atoms with Crippen molar-refractivity contribution in [2.75, 3.05) is 18.7 Å². The van der Waals surface area contributed by atoms with Gasteiger partial charge in [0.15, 0.2) is 0 Å². The van der Waals surface area contributed by atoms with Gasteiger partial charge in [0.1, 0.15) is 24.4 Å². The number of halogens is 1. The molecule has 0 saturated carbocycles. The maximum Gasteiger partial charge on any atom is 0.253 e. The second kappa shape index (κ2) is 9.99. The van der Waals surface area contributed by atoms with Crippen LogP contribution in [0.5, 0.6) is 0 Å². The maximum absolute atomic E-state index is 14.1. The zero-order chi connectivity index (χ0) is 26.1. The molecular formula is C29H27FN4O3. The van der Waals surface area contributed by atoms with Crippen LogP contribution in [0.3, 0.4) is 0 Å². The van der Waals surface area contributed by atoms with Crippen molar-refractivity contribution in [1.29, 1.82) is 0 Å². The fourth-order valence-corrected chi connectivity index (χ4v) is 4.92. The summed E-state index contributed by atoms with van der Waals surface area (Å²) in [7, 11) is 1.51. The molecule has 2 unspecified atom stereocenters. The Hall–Kier alpha value is -4.30. The second-order valence-electron chi connectivity index (χ2n) is 9.10. The summed E-state index contributed by atoms with van der Waals surface area (Å²) in [5.41, 5.74) is 4.31. The van der Waals surface area contributed by atoms with Gasteiger partial charge in [0.05, 0.1) is 11.4 Å². The standard InChI is InChI=1S/C29H27FN4O3/c1-18-8-7-9-21(16-18)27(35)31-26-25(20-12-14-22(30)15-13-20)24-19(2)32-34(23-10-5-4-6-11-23)28(24)33(17-37-3)29(26)36/h4-16,25-26H,17H2,1-3H3,(H,31,35). The molecule has 0 aliphatic carbocycles. The largest absolute Gasteiger partial charge is 0.364 e. The van der Waals surface area contributed by atoms with Crippen LogP contribution < -0.4 is 10.2 Å². The van der Waals surface area contributed by atoms with Crippen LogP contribution in [0.15, 0.2) is 78.9 Å². The van der Waals surface area contributed by atoms with Gasteiger partial charge >= 0.3 is 0 Å². The molecule has 37 heavy (non-hydrogen) atoms. The summed E-state index contributed by atoms with van der Waals surface area (Å²) in [4.78, 5) is 28.9. The van der Waals surface area contributed by atoms with Gasteiger partial charge in [0.2, 0.25) is 0 Å². The molecule has 2 heterocycles. The van der Waals surface area contributed by atoms with Crippen molar-refractivity contribution in [3.63, 3.8) is 0 Å².